The summed E-state index contributed by atoms with van der Waals surface area (Å²) in [5.41, 5.74) is 0. The molecule has 3 nitrogen and oxygen atoms in total. The normalized spacial score (nSPS) is 12.9. The summed E-state index contributed by atoms with van der Waals surface area (Å²) in [6, 6.07) is 0.670. The molecule has 3 heteroatoms. The fourth-order valence-electron chi connectivity index (χ4n) is 1.72. The van der Waals surface area contributed by atoms with Crippen LogP contribution in [0.5, 0.6) is 0 Å². The second kappa shape index (κ2) is 7.46. The Balaban J connectivity index is 1.93. The Hall–Kier alpha value is -0.830. The number of unbranched alkanes of at least 4 members (excludes halogenated alkanes) is 1. The van der Waals surface area contributed by atoms with Crippen molar-refractivity contribution in [2.75, 3.05) is 6.54 Å². The first-order valence-corrected chi connectivity index (χ1v) is 6.02. The van der Waals surface area contributed by atoms with Gasteiger partial charge in [0.15, 0.2) is 0 Å². The van der Waals surface area contributed by atoms with E-state index in [-0.39, 0.29) is 0 Å². The first-order chi connectivity index (χ1) is 7.33. The van der Waals surface area contributed by atoms with Crippen LogP contribution in [0.3, 0.4) is 0 Å². The summed E-state index contributed by atoms with van der Waals surface area (Å²) in [4.78, 5) is 4.02. The molecule has 0 aromatic carbocycles. The van der Waals surface area contributed by atoms with E-state index in [2.05, 4.69) is 28.7 Å². The molecule has 0 aliphatic carbocycles. The Morgan fingerprint density at radius 2 is 2.27 bits per heavy atom. The summed E-state index contributed by atoms with van der Waals surface area (Å²) >= 11 is 0. The number of hydrogen-bond donors (Lipinski definition) is 1. The van der Waals surface area contributed by atoms with Gasteiger partial charge in [-0.25, -0.2) is 4.98 Å². The van der Waals surface area contributed by atoms with Gasteiger partial charge in [-0.2, -0.15) is 0 Å². The maximum atomic E-state index is 4.02. The van der Waals surface area contributed by atoms with E-state index >= 15 is 0 Å². The Kier molecular flexibility index (Phi) is 6.09. The van der Waals surface area contributed by atoms with Gasteiger partial charge in [0.05, 0.1) is 6.33 Å². The van der Waals surface area contributed by atoms with Crippen LogP contribution in [-0.4, -0.2) is 22.1 Å². The Morgan fingerprint density at radius 3 is 2.93 bits per heavy atom. The molecule has 1 rings (SSSR count). The van der Waals surface area contributed by atoms with E-state index in [1.807, 2.05) is 18.7 Å². The van der Waals surface area contributed by atoms with Gasteiger partial charge in [0.2, 0.25) is 0 Å². The fraction of sp³-hybridized carbons (Fsp3) is 0.750. The minimum Gasteiger partial charge on any atom is -0.337 e. The topological polar surface area (TPSA) is 29.9 Å². The highest BCUT2D eigenvalue weighted by molar-refractivity contribution is 4.73. The molecule has 1 heterocycles. The number of nitrogens with one attached hydrogen (secondary N) is 1. The van der Waals surface area contributed by atoms with Crippen LogP contribution in [0.25, 0.3) is 0 Å². The molecule has 0 saturated carbocycles. The van der Waals surface area contributed by atoms with Gasteiger partial charge in [-0.1, -0.05) is 13.3 Å². The average molecular weight is 209 g/mol. The number of rotatable bonds is 8. The Labute approximate surface area is 92.9 Å². The second-order valence-electron chi connectivity index (χ2n) is 4.15. The Morgan fingerprint density at radius 1 is 1.40 bits per heavy atom. The molecule has 0 spiro atoms. The molecule has 0 radical (unpaired) electrons. The van der Waals surface area contributed by atoms with E-state index in [9.17, 15) is 0 Å². The molecule has 0 fully saturated rings. The second-order valence-corrected chi connectivity index (χ2v) is 4.15. The third-order valence-corrected chi connectivity index (χ3v) is 2.62. The zero-order valence-corrected chi connectivity index (χ0v) is 9.95. The first kappa shape index (κ1) is 12.2. The van der Waals surface area contributed by atoms with Crippen molar-refractivity contribution in [3.8, 4) is 0 Å². The van der Waals surface area contributed by atoms with Crippen LogP contribution in [0.1, 0.15) is 39.5 Å². The predicted octanol–water partition coefficient (Wildman–Crippen LogP) is 2.44. The van der Waals surface area contributed by atoms with Crippen LogP contribution in [0.4, 0.5) is 0 Å². The van der Waals surface area contributed by atoms with Gasteiger partial charge in [0, 0.05) is 25.0 Å². The van der Waals surface area contributed by atoms with Gasteiger partial charge in [-0.3, -0.25) is 0 Å². The van der Waals surface area contributed by atoms with Crippen LogP contribution in [0.2, 0.25) is 0 Å². The third kappa shape index (κ3) is 5.57. The molecule has 15 heavy (non-hydrogen) atoms. The molecule has 0 aliphatic rings. The molecule has 1 aromatic rings. The summed E-state index contributed by atoms with van der Waals surface area (Å²) in [6.07, 6.45) is 10.8. The maximum Gasteiger partial charge on any atom is 0.0945 e. The van der Waals surface area contributed by atoms with Crippen LogP contribution < -0.4 is 5.32 Å². The quantitative estimate of drug-likeness (QED) is 0.666. The third-order valence-electron chi connectivity index (χ3n) is 2.62. The molecule has 1 N–H and O–H groups in total. The summed E-state index contributed by atoms with van der Waals surface area (Å²) in [7, 11) is 0. The van der Waals surface area contributed by atoms with E-state index in [1.165, 1.54) is 25.7 Å². The van der Waals surface area contributed by atoms with E-state index in [4.69, 9.17) is 0 Å². The van der Waals surface area contributed by atoms with Crippen molar-refractivity contribution in [2.45, 2.75) is 52.1 Å². The molecule has 1 aromatic heterocycles. The lowest BCUT2D eigenvalue weighted by atomic mass is 10.2. The fourth-order valence-corrected chi connectivity index (χ4v) is 1.72. The zero-order chi connectivity index (χ0) is 10.9. The van der Waals surface area contributed by atoms with Crippen LogP contribution in [-0.2, 0) is 6.54 Å². The predicted molar refractivity (Wildman–Crippen MR) is 63.8 cm³/mol. The zero-order valence-electron chi connectivity index (χ0n) is 9.95. The van der Waals surface area contributed by atoms with Gasteiger partial charge < -0.3 is 9.88 Å². The smallest absolute Gasteiger partial charge is 0.0945 e. The van der Waals surface area contributed by atoms with E-state index in [1.54, 1.807) is 0 Å². The van der Waals surface area contributed by atoms with E-state index in [0.717, 1.165) is 13.1 Å². The van der Waals surface area contributed by atoms with Crippen molar-refractivity contribution in [3.05, 3.63) is 18.7 Å². The lowest BCUT2D eigenvalue weighted by Crippen LogP contribution is -2.26. The Bertz CT molecular complexity index is 231. The first-order valence-electron chi connectivity index (χ1n) is 6.02. The lowest BCUT2D eigenvalue weighted by Gasteiger charge is -2.12. The van der Waals surface area contributed by atoms with Gasteiger partial charge in [-0.15, -0.1) is 0 Å². The molecule has 1 unspecified atom stereocenters. The highest BCUT2D eigenvalue weighted by Gasteiger charge is 1.98. The van der Waals surface area contributed by atoms with Crippen molar-refractivity contribution in [3.63, 3.8) is 0 Å². The molecule has 0 aliphatic heterocycles. The molecule has 0 amide bonds. The van der Waals surface area contributed by atoms with Crippen molar-refractivity contribution >= 4 is 0 Å². The highest BCUT2D eigenvalue weighted by Crippen LogP contribution is 1.97. The molecule has 0 bridgehead atoms. The molecular weight excluding hydrogens is 186 g/mol. The van der Waals surface area contributed by atoms with Gasteiger partial charge in [0.1, 0.15) is 0 Å². The summed E-state index contributed by atoms with van der Waals surface area (Å²) in [5, 5.41) is 3.54. The van der Waals surface area contributed by atoms with Crippen LogP contribution >= 0.6 is 0 Å². The average Bonchev–Trinajstić information content (AvgIpc) is 2.70. The van der Waals surface area contributed by atoms with Gasteiger partial charge >= 0.3 is 0 Å². The lowest BCUT2D eigenvalue weighted by molar-refractivity contribution is 0.485. The SMILES string of the molecule is CCCC(C)NCCCCn1ccnc1. The number of aromatic nitrogens is 2. The number of imidazole rings is 1. The van der Waals surface area contributed by atoms with Crippen molar-refractivity contribution in [2.24, 2.45) is 0 Å². The number of nitrogens with zero attached hydrogens (tertiary/aromatic N) is 2. The summed E-state index contributed by atoms with van der Waals surface area (Å²) in [5.74, 6) is 0. The largest absolute Gasteiger partial charge is 0.337 e. The minimum absolute atomic E-state index is 0.670. The molecule has 0 saturated heterocycles. The monoisotopic (exact) mass is 209 g/mol. The number of aryl methyl sites for hydroxylation is 1. The van der Waals surface area contributed by atoms with Crippen molar-refractivity contribution < 1.29 is 0 Å². The van der Waals surface area contributed by atoms with E-state index < -0.39 is 0 Å². The highest BCUT2D eigenvalue weighted by atomic mass is 15.0. The molecule has 1 atom stereocenters. The van der Waals surface area contributed by atoms with Crippen LogP contribution in [0, 0.1) is 0 Å². The van der Waals surface area contributed by atoms with Crippen molar-refractivity contribution in [1.29, 1.82) is 0 Å². The standard InChI is InChI=1S/C12H23N3/c1-3-6-12(2)14-7-4-5-9-15-10-8-13-11-15/h8,10-12,14H,3-7,9H2,1-2H3. The van der Waals surface area contributed by atoms with Crippen LogP contribution in [0.15, 0.2) is 18.7 Å². The molecular formula is C12H23N3. The minimum atomic E-state index is 0.670. The molecule has 86 valence electrons. The number of hydrogen-bond acceptors (Lipinski definition) is 2. The maximum absolute atomic E-state index is 4.02. The summed E-state index contributed by atoms with van der Waals surface area (Å²) < 4.78 is 2.13. The van der Waals surface area contributed by atoms with E-state index in [0.29, 0.717) is 6.04 Å². The van der Waals surface area contributed by atoms with Gasteiger partial charge in [-0.05, 0) is 32.7 Å². The summed E-state index contributed by atoms with van der Waals surface area (Å²) in [6.45, 7) is 6.72. The van der Waals surface area contributed by atoms with Gasteiger partial charge in [0.25, 0.3) is 0 Å². The van der Waals surface area contributed by atoms with Crippen molar-refractivity contribution in [1.82, 2.24) is 14.9 Å².